The summed E-state index contributed by atoms with van der Waals surface area (Å²) >= 11 is 0. The van der Waals surface area contributed by atoms with Crippen LogP contribution in [-0.2, 0) is 6.42 Å². The molecule has 1 heterocycles. The molecule has 1 unspecified atom stereocenters. The molecule has 0 bridgehead atoms. The van der Waals surface area contributed by atoms with Crippen molar-refractivity contribution in [2.24, 2.45) is 10.9 Å². The van der Waals surface area contributed by atoms with Crippen molar-refractivity contribution in [3.63, 3.8) is 0 Å². The molecule has 1 aromatic carbocycles. The van der Waals surface area contributed by atoms with E-state index in [9.17, 15) is 4.79 Å². The fraction of sp³-hybridized carbons (Fsp3) is 0.385. The molecule has 0 fully saturated rings. The number of nitrogens with one attached hydrogen (secondary N) is 1. The maximum Gasteiger partial charge on any atom is 0.173 e. The van der Waals surface area contributed by atoms with Crippen LogP contribution in [0, 0.1) is 5.92 Å². The first-order valence-corrected chi connectivity index (χ1v) is 5.76. The lowest BCUT2D eigenvalue weighted by Gasteiger charge is -2.23. The lowest BCUT2D eigenvalue weighted by Crippen LogP contribution is -2.35. The quantitative estimate of drug-likeness (QED) is 0.768. The Morgan fingerprint density at radius 3 is 3.00 bits per heavy atom. The minimum absolute atomic E-state index is 0.0302. The van der Waals surface area contributed by atoms with Gasteiger partial charge in [0.1, 0.15) is 5.84 Å². The van der Waals surface area contributed by atoms with Crippen LogP contribution in [0.1, 0.15) is 22.3 Å². The second-order valence-corrected chi connectivity index (χ2v) is 4.31. The van der Waals surface area contributed by atoms with Gasteiger partial charge in [-0.1, -0.05) is 24.3 Å². The van der Waals surface area contributed by atoms with Crippen molar-refractivity contribution in [3.05, 3.63) is 35.4 Å². The highest BCUT2D eigenvalue weighted by atomic mass is 16.1. The lowest BCUT2D eigenvalue weighted by molar-refractivity contribution is 0.0939. The van der Waals surface area contributed by atoms with Crippen molar-refractivity contribution in [1.82, 2.24) is 5.32 Å². The van der Waals surface area contributed by atoms with Crippen LogP contribution in [0.4, 0.5) is 0 Å². The van der Waals surface area contributed by atoms with E-state index in [0.717, 1.165) is 37.3 Å². The Labute approximate surface area is 94.6 Å². The van der Waals surface area contributed by atoms with E-state index < -0.39 is 0 Å². The van der Waals surface area contributed by atoms with Gasteiger partial charge in [0, 0.05) is 12.1 Å². The van der Waals surface area contributed by atoms with E-state index in [1.54, 1.807) is 0 Å². The zero-order valence-electron chi connectivity index (χ0n) is 9.07. The van der Waals surface area contributed by atoms with Gasteiger partial charge in [-0.15, -0.1) is 0 Å². The number of hydrogen-bond donors (Lipinski definition) is 1. The molecular formula is C13H14N2O. The number of hydrogen-bond acceptors (Lipinski definition) is 3. The molecule has 1 aliphatic heterocycles. The number of carbonyl (C=O) groups excluding carboxylic acids is 1. The fourth-order valence-electron chi connectivity index (χ4n) is 2.51. The van der Waals surface area contributed by atoms with Gasteiger partial charge in [0.2, 0.25) is 0 Å². The number of aliphatic imine (C=N–C) groups is 1. The molecule has 1 atom stereocenters. The van der Waals surface area contributed by atoms with Gasteiger partial charge in [0.15, 0.2) is 5.78 Å². The number of ketones is 1. The van der Waals surface area contributed by atoms with Crippen LogP contribution in [0.5, 0.6) is 0 Å². The molecule has 3 nitrogen and oxygen atoms in total. The predicted octanol–water partition coefficient (Wildman–Crippen LogP) is 1.43. The Morgan fingerprint density at radius 2 is 2.19 bits per heavy atom. The number of nitrogens with zero attached hydrogens (tertiary/aromatic N) is 1. The van der Waals surface area contributed by atoms with Gasteiger partial charge in [0.05, 0.1) is 12.5 Å². The van der Waals surface area contributed by atoms with Crippen LogP contribution in [0.25, 0.3) is 0 Å². The Balaban J connectivity index is 1.95. The molecule has 0 saturated heterocycles. The molecule has 1 N–H and O–H groups in total. The van der Waals surface area contributed by atoms with E-state index in [-0.39, 0.29) is 11.7 Å². The van der Waals surface area contributed by atoms with Crippen LogP contribution in [0.2, 0.25) is 0 Å². The second-order valence-electron chi connectivity index (χ2n) is 4.31. The first-order valence-electron chi connectivity index (χ1n) is 5.76. The number of rotatable bonds is 1. The molecule has 3 heteroatoms. The first kappa shape index (κ1) is 9.58. The van der Waals surface area contributed by atoms with Gasteiger partial charge in [-0.25, -0.2) is 0 Å². The van der Waals surface area contributed by atoms with Gasteiger partial charge < -0.3 is 5.32 Å². The van der Waals surface area contributed by atoms with Gasteiger partial charge in [0.25, 0.3) is 0 Å². The first-order chi connectivity index (χ1) is 7.86. The number of benzene rings is 1. The number of amidine groups is 1. The van der Waals surface area contributed by atoms with E-state index in [4.69, 9.17) is 0 Å². The highest BCUT2D eigenvalue weighted by molar-refractivity contribution is 6.13. The largest absolute Gasteiger partial charge is 0.371 e. The summed E-state index contributed by atoms with van der Waals surface area (Å²) < 4.78 is 0. The number of carbonyl (C=O) groups is 1. The van der Waals surface area contributed by atoms with Crippen LogP contribution in [0.15, 0.2) is 29.3 Å². The normalized spacial score (nSPS) is 23.6. The predicted molar refractivity (Wildman–Crippen MR) is 62.9 cm³/mol. The molecular weight excluding hydrogens is 200 g/mol. The van der Waals surface area contributed by atoms with Crippen molar-refractivity contribution in [1.29, 1.82) is 0 Å². The highest BCUT2D eigenvalue weighted by Gasteiger charge is 2.31. The number of Topliss-reactive ketones (excluding diaryl/α,β-unsaturated/α-hetero) is 1. The standard InChI is InChI=1S/C13H14N2O/c16-12-10-4-2-1-3-9(10)5-6-11(12)13-14-7-8-15-13/h1-4,11H,5-8H2,(H,14,15). The monoisotopic (exact) mass is 214 g/mol. The Morgan fingerprint density at radius 1 is 1.31 bits per heavy atom. The van der Waals surface area contributed by atoms with E-state index in [1.165, 1.54) is 5.56 Å². The van der Waals surface area contributed by atoms with Crippen LogP contribution >= 0.6 is 0 Å². The van der Waals surface area contributed by atoms with Crippen molar-refractivity contribution in [3.8, 4) is 0 Å². The summed E-state index contributed by atoms with van der Waals surface area (Å²) in [5.74, 6) is 1.10. The summed E-state index contributed by atoms with van der Waals surface area (Å²) in [6.45, 7) is 1.68. The summed E-state index contributed by atoms with van der Waals surface area (Å²) in [5, 5.41) is 3.22. The Kier molecular flexibility index (Phi) is 2.24. The van der Waals surface area contributed by atoms with E-state index in [1.807, 2.05) is 24.3 Å². The van der Waals surface area contributed by atoms with Crippen molar-refractivity contribution < 1.29 is 4.79 Å². The van der Waals surface area contributed by atoms with Crippen LogP contribution in [0.3, 0.4) is 0 Å². The maximum atomic E-state index is 12.3. The molecule has 16 heavy (non-hydrogen) atoms. The van der Waals surface area contributed by atoms with Gasteiger partial charge >= 0.3 is 0 Å². The van der Waals surface area contributed by atoms with Gasteiger partial charge in [-0.2, -0.15) is 0 Å². The third kappa shape index (κ3) is 1.43. The van der Waals surface area contributed by atoms with Crippen molar-refractivity contribution in [2.45, 2.75) is 12.8 Å². The molecule has 1 aliphatic carbocycles. The smallest absolute Gasteiger partial charge is 0.173 e. The molecule has 0 saturated carbocycles. The SMILES string of the molecule is O=C1c2ccccc2CCC1C1=NCCN1. The Hall–Kier alpha value is -1.64. The lowest BCUT2D eigenvalue weighted by atomic mass is 9.82. The summed E-state index contributed by atoms with van der Waals surface area (Å²) in [5.41, 5.74) is 2.07. The number of aryl methyl sites for hydroxylation is 1. The molecule has 3 rings (SSSR count). The summed E-state index contributed by atoms with van der Waals surface area (Å²) in [6, 6.07) is 7.91. The van der Waals surface area contributed by atoms with Crippen LogP contribution < -0.4 is 5.32 Å². The Bertz CT molecular complexity index is 465. The average molecular weight is 214 g/mol. The molecule has 0 radical (unpaired) electrons. The zero-order valence-corrected chi connectivity index (χ0v) is 9.07. The summed E-state index contributed by atoms with van der Waals surface area (Å²) in [4.78, 5) is 16.7. The third-order valence-electron chi connectivity index (χ3n) is 3.33. The van der Waals surface area contributed by atoms with E-state index in [2.05, 4.69) is 10.3 Å². The number of fused-ring (bicyclic) bond motifs is 1. The topological polar surface area (TPSA) is 41.5 Å². The molecule has 0 spiro atoms. The van der Waals surface area contributed by atoms with Crippen molar-refractivity contribution in [2.75, 3.05) is 13.1 Å². The van der Waals surface area contributed by atoms with E-state index >= 15 is 0 Å². The molecule has 1 aromatic rings. The van der Waals surface area contributed by atoms with Gasteiger partial charge in [-0.3, -0.25) is 9.79 Å². The molecule has 0 aromatic heterocycles. The molecule has 0 amide bonds. The van der Waals surface area contributed by atoms with Crippen molar-refractivity contribution >= 4 is 11.6 Å². The van der Waals surface area contributed by atoms with Crippen LogP contribution in [-0.4, -0.2) is 24.7 Å². The second kappa shape index (κ2) is 3.74. The molecule has 82 valence electrons. The summed E-state index contributed by atoms with van der Waals surface area (Å²) in [6.07, 6.45) is 1.87. The van der Waals surface area contributed by atoms with E-state index in [0.29, 0.717) is 0 Å². The van der Waals surface area contributed by atoms with Gasteiger partial charge in [-0.05, 0) is 18.4 Å². The minimum atomic E-state index is -0.0302. The average Bonchev–Trinajstić information content (AvgIpc) is 2.83. The maximum absolute atomic E-state index is 12.3. The zero-order chi connectivity index (χ0) is 11.0. The fourth-order valence-corrected chi connectivity index (χ4v) is 2.51. The highest BCUT2D eigenvalue weighted by Crippen LogP contribution is 2.26. The molecule has 2 aliphatic rings. The summed E-state index contributed by atoms with van der Waals surface area (Å²) in [7, 11) is 0. The minimum Gasteiger partial charge on any atom is -0.371 e. The third-order valence-corrected chi connectivity index (χ3v) is 3.33.